The van der Waals surface area contributed by atoms with Gasteiger partial charge in [-0.15, -0.1) is 0 Å². The highest BCUT2D eigenvalue weighted by Gasteiger charge is 2.80. The number of methoxy groups -OCH3 is 1. The minimum atomic E-state index is -1.83. The monoisotopic (exact) mass is 546 g/mol. The number of esters is 2. The topological polar surface area (TPSA) is 167 Å². The molecule has 11 heteroatoms. The number of Topliss-reactive ketones (excluding diaryl/α,β-unsaturated/α-hetero) is 2. The van der Waals surface area contributed by atoms with Crippen molar-refractivity contribution in [2.45, 2.75) is 37.9 Å². The number of aryl methyl sites for hydroxylation is 2. The SMILES string of the molecule is CO[C@@]12c3c(C)cc(O)c4c(=O)occ(c34)C(=O)[C@@H]1[C@]13COC(=O)c4c(O)cc(C)c(c41)C(=O)[C@H]2C3OC(C)=O. The van der Waals surface area contributed by atoms with Crippen LogP contribution in [-0.4, -0.2) is 53.5 Å². The maximum Gasteiger partial charge on any atom is 0.347 e. The predicted octanol–water partition coefficient (Wildman–Crippen LogP) is 2.34. The summed E-state index contributed by atoms with van der Waals surface area (Å²) in [5, 5.41) is 21.5. The van der Waals surface area contributed by atoms with Crippen LogP contribution in [0.25, 0.3) is 10.8 Å². The van der Waals surface area contributed by atoms with Crippen LogP contribution < -0.4 is 5.63 Å². The van der Waals surface area contributed by atoms with E-state index in [4.69, 9.17) is 18.6 Å². The zero-order chi connectivity index (χ0) is 28.6. The number of cyclic esters (lactones) is 1. The predicted molar refractivity (Wildman–Crippen MR) is 134 cm³/mol. The highest BCUT2D eigenvalue weighted by Crippen LogP contribution is 2.70. The number of benzene rings is 2. The van der Waals surface area contributed by atoms with Gasteiger partial charge in [-0.25, -0.2) is 9.59 Å². The molecule has 7 rings (SSSR count). The number of rotatable bonds is 2. The number of phenols is 2. The molecule has 1 aliphatic heterocycles. The third kappa shape index (κ3) is 2.40. The Labute approximate surface area is 225 Å². The lowest BCUT2D eigenvalue weighted by Crippen LogP contribution is -2.57. The molecule has 3 aliphatic carbocycles. The molecular formula is C29H22O11. The summed E-state index contributed by atoms with van der Waals surface area (Å²) in [4.78, 5) is 67.6. The summed E-state index contributed by atoms with van der Waals surface area (Å²) in [6, 6.07) is 2.61. The number of hydrogen-bond acceptors (Lipinski definition) is 11. The maximum atomic E-state index is 14.6. The number of phenolic OH excluding ortho intramolecular Hbond substituents is 2. The standard InChI is InChI=1S/C29H22O11/c1-9-5-14(32)18-20-15(9)23(34)21-25(40-11(3)30)28(20,8-39-27(18)36)24-22(33)12-7-38-26(35)17-13(31)6-10(2)19(16(12)17)29(21,24)37-4/h5-7,21,24-25,31-32H,8H2,1-4H3/t21-,24+,25?,28-,29+/m0/s1. The van der Waals surface area contributed by atoms with Crippen molar-refractivity contribution < 1.29 is 48.0 Å². The van der Waals surface area contributed by atoms with Gasteiger partial charge in [-0.05, 0) is 48.2 Å². The van der Waals surface area contributed by atoms with Gasteiger partial charge in [0, 0.05) is 25.0 Å². The van der Waals surface area contributed by atoms with Crippen molar-refractivity contribution in [2.24, 2.45) is 11.8 Å². The van der Waals surface area contributed by atoms with Crippen molar-refractivity contribution >= 4 is 34.3 Å². The van der Waals surface area contributed by atoms with Gasteiger partial charge in [-0.1, -0.05) is 0 Å². The molecule has 1 unspecified atom stereocenters. The molecule has 1 spiro atoms. The molecule has 11 nitrogen and oxygen atoms in total. The van der Waals surface area contributed by atoms with Crippen molar-refractivity contribution in [2.75, 3.05) is 13.7 Å². The second kappa shape index (κ2) is 7.36. The summed E-state index contributed by atoms with van der Waals surface area (Å²) >= 11 is 0. The van der Waals surface area contributed by atoms with E-state index in [0.29, 0.717) is 11.1 Å². The fourth-order valence-corrected chi connectivity index (χ4v) is 8.08. The van der Waals surface area contributed by atoms with E-state index in [-0.39, 0.29) is 38.6 Å². The summed E-state index contributed by atoms with van der Waals surface area (Å²) in [5.74, 6) is -6.33. The van der Waals surface area contributed by atoms with E-state index >= 15 is 0 Å². The lowest BCUT2D eigenvalue weighted by atomic mass is 9.59. The van der Waals surface area contributed by atoms with E-state index in [0.717, 1.165) is 13.2 Å². The fourth-order valence-electron chi connectivity index (χ4n) is 8.08. The van der Waals surface area contributed by atoms with Gasteiger partial charge in [0.1, 0.15) is 47.0 Å². The summed E-state index contributed by atoms with van der Waals surface area (Å²) in [6.45, 7) is 3.94. The lowest BCUT2D eigenvalue weighted by Gasteiger charge is -2.47. The van der Waals surface area contributed by atoms with Crippen LogP contribution >= 0.6 is 0 Å². The molecule has 40 heavy (non-hydrogen) atoms. The quantitative estimate of drug-likeness (QED) is 0.453. The molecule has 1 fully saturated rings. The van der Waals surface area contributed by atoms with Gasteiger partial charge in [-0.3, -0.25) is 14.4 Å². The second-order valence-corrected chi connectivity index (χ2v) is 10.9. The average molecular weight is 546 g/mol. The summed E-state index contributed by atoms with van der Waals surface area (Å²) in [6.07, 6.45) is -0.353. The molecule has 204 valence electrons. The Hall–Kier alpha value is -4.51. The Morgan fingerprint density at radius 2 is 1.68 bits per heavy atom. The number of hydrogen-bond donors (Lipinski definition) is 2. The number of ketones is 2. The molecule has 5 atom stereocenters. The van der Waals surface area contributed by atoms with E-state index in [1.54, 1.807) is 13.8 Å². The molecule has 2 heterocycles. The molecule has 0 radical (unpaired) electrons. The molecule has 0 saturated heterocycles. The Kier molecular flexibility index (Phi) is 4.51. The molecule has 2 aromatic carbocycles. The van der Waals surface area contributed by atoms with Crippen molar-refractivity contribution in [3.8, 4) is 11.5 Å². The van der Waals surface area contributed by atoms with Crippen LogP contribution in [0.1, 0.15) is 60.3 Å². The Balaban J connectivity index is 1.73. The highest BCUT2D eigenvalue weighted by atomic mass is 16.6. The first-order valence-corrected chi connectivity index (χ1v) is 12.6. The summed E-state index contributed by atoms with van der Waals surface area (Å²) in [7, 11) is 1.31. The van der Waals surface area contributed by atoms with Crippen molar-refractivity contribution in [1.82, 2.24) is 0 Å². The smallest absolute Gasteiger partial charge is 0.347 e. The van der Waals surface area contributed by atoms with Gasteiger partial charge < -0.3 is 28.8 Å². The summed E-state index contributed by atoms with van der Waals surface area (Å²) in [5.41, 5.74) is -3.47. The van der Waals surface area contributed by atoms with Crippen LogP contribution in [0.15, 0.2) is 27.6 Å². The van der Waals surface area contributed by atoms with Crippen LogP contribution in [0.5, 0.6) is 11.5 Å². The number of carbonyl (C=O) groups excluding carboxylic acids is 4. The Morgan fingerprint density at radius 3 is 2.35 bits per heavy atom. The van der Waals surface area contributed by atoms with E-state index in [1.807, 2.05) is 0 Å². The van der Waals surface area contributed by atoms with Gasteiger partial charge >= 0.3 is 17.6 Å². The van der Waals surface area contributed by atoms with E-state index < -0.39 is 76.2 Å². The second-order valence-electron chi connectivity index (χ2n) is 10.9. The normalized spacial score (nSPS) is 29.2. The van der Waals surface area contributed by atoms with Gasteiger partial charge in [0.15, 0.2) is 11.6 Å². The number of ether oxygens (including phenoxy) is 3. The van der Waals surface area contributed by atoms with E-state index in [9.17, 15) is 34.2 Å². The molecule has 0 amide bonds. The molecule has 2 N–H and O–H groups in total. The molecule has 3 aromatic rings. The van der Waals surface area contributed by atoms with Crippen LogP contribution in [0, 0.1) is 25.7 Å². The summed E-state index contributed by atoms with van der Waals surface area (Å²) < 4.78 is 22.8. The highest BCUT2D eigenvalue weighted by molar-refractivity contribution is 6.19. The number of aromatic hydroxyl groups is 2. The van der Waals surface area contributed by atoms with Gasteiger partial charge in [-0.2, -0.15) is 0 Å². The van der Waals surface area contributed by atoms with Gasteiger partial charge in [0.05, 0.1) is 22.8 Å². The average Bonchev–Trinajstić information content (AvgIpc) is 3.06. The minimum absolute atomic E-state index is 0.0471. The van der Waals surface area contributed by atoms with Gasteiger partial charge in [0.25, 0.3) is 0 Å². The van der Waals surface area contributed by atoms with Crippen LogP contribution in [0.3, 0.4) is 0 Å². The minimum Gasteiger partial charge on any atom is -0.507 e. The van der Waals surface area contributed by atoms with E-state index in [1.165, 1.54) is 19.2 Å². The number of fused-ring (bicyclic) bond motifs is 4. The number of carbonyl (C=O) groups is 4. The van der Waals surface area contributed by atoms with Crippen LogP contribution in [0.4, 0.5) is 0 Å². The molecule has 1 aromatic heterocycles. The molecule has 4 aliphatic rings. The van der Waals surface area contributed by atoms with Gasteiger partial charge in [0.2, 0.25) is 0 Å². The third-order valence-corrected chi connectivity index (χ3v) is 9.17. The first-order valence-electron chi connectivity index (χ1n) is 12.6. The lowest BCUT2D eigenvalue weighted by molar-refractivity contribution is -0.154. The zero-order valence-corrected chi connectivity index (χ0v) is 21.7. The van der Waals surface area contributed by atoms with E-state index in [2.05, 4.69) is 0 Å². The van der Waals surface area contributed by atoms with Crippen molar-refractivity contribution in [3.63, 3.8) is 0 Å². The molecule has 1 saturated carbocycles. The molecule has 2 bridgehead atoms. The zero-order valence-electron chi connectivity index (χ0n) is 21.7. The maximum absolute atomic E-state index is 14.6. The van der Waals surface area contributed by atoms with Crippen molar-refractivity contribution in [1.29, 1.82) is 0 Å². The first kappa shape index (κ1) is 24.5. The fraction of sp³-hybridized carbons (Fsp3) is 0.345. The van der Waals surface area contributed by atoms with Crippen LogP contribution in [-0.2, 0) is 30.0 Å². The third-order valence-electron chi connectivity index (χ3n) is 9.17. The Morgan fingerprint density at radius 1 is 0.975 bits per heavy atom. The van der Waals surface area contributed by atoms with Crippen LogP contribution in [0.2, 0.25) is 0 Å². The Bertz CT molecular complexity index is 1850. The largest absolute Gasteiger partial charge is 0.507 e. The molecular weight excluding hydrogens is 524 g/mol. The first-order chi connectivity index (χ1) is 18.9. The van der Waals surface area contributed by atoms with Crippen molar-refractivity contribution in [3.05, 3.63) is 67.8 Å².